The average Bonchev–Trinajstić information content (AvgIpc) is 3.11. The molecule has 0 bridgehead atoms. The van der Waals surface area contributed by atoms with E-state index in [2.05, 4.69) is 4.98 Å². The molecule has 0 aliphatic heterocycles. The van der Waals surface area contributed by atoms with E-state index in [0.717, 1.165) is 17.1 Å². The van der Waals surface area contributed by atoms with Gasteiger partial charge in [0.2, 0.25) is 11.5 Å². The van der Waals surface area contributed by atoms with Crippen molar-refractivity contribution in [3.8, 4) is 17.6 Å². The highest BCUT2D eigenvalue weighted by Crippen LogP contribution is 2.37. The molecule has 28 heavy (non-hydrogen) atoms. The third kappa shape index (κ3) is 3.17. The average molecular weight is 377 g/mol. The molecule has 3 aromatic rings. The number of nitro benzene ring substituents is 1. The molecule has 0 radical (unpaired) electrons. The molecule has 0 spiro atoms. The van der Waals surface area contributed by atoms with Crippen molar-refractivity contribution < 1.29 is 19.6 Å². The number of aromatic amines is 1. The third-order valence-corrected chi connectivity index (χ3v) is 4.33. The number of carbonyl (C=O) groups is 1. The Balaban J connectivity index is 2.12. The Kier molecular flexibility index (Phi) is 4.83. The molecule has 0 unspecified atom stereocenters. The van der Waals surface area contributed by atoms with Crippen LogP contribution in [0.4, 0.5) is 5.69 Å². The Bertz CT molecular complexity index is 1180. The summed E-state index contributed by atoms with van der Waals surface area (Å²) in [6, 6.07) is 9.77. The van der Waals surface area contributed by atoms with E-state index in [9.17, 15) is 25.3 Å². The van der Waals surface area contributed by atoms with Gasteiger partial charge in [-0.1, -0.05) is 12.1 Å². The van der Waals surface area contributed by atoms with Gasteiger partial charge in [-0.15, -0.1) is 0 Å². The summed E-state index contributed by atoms with van der Waals surface area (Å²) in [5.74, 6) is -1.27. The van der Waals surface area contributed by atoms with Crippen molar-refractivity contribution in [3.63, 3.8) is 0 Å². The molecule has 0 aliphatic carbocycles. The molecule has 1 heterocycles. The topological polar surface area (TPSA) is 129 Å². The van der Waals surface area contributed by atoms with Gasteiger partial charge in [-0.25, -0.2) is 0 Å². The van der Waals surface area contributed by atoms with E-state index in [-0.39, 0.29) is 16.9 Å². The van der Waals surface area contributed by atoms with Crippen LogP contribution >= 0.6 is 0 Å². The number of nitrogens with zero attached hydrogens (tertiary/aromatic N) is 2. The molecule has 8 heteroatoms. The zero-order valence-corrected chi connectivity index (χ0v) is 15.0. The highest BCUT2D eigenvalue weighted by molar-refractivity contribution is 6.20. The maximum absolute atomic E-state index is 12.9. The van der Waals surface area contributed by atoms with Gasteiger partial charge in [0.05, 0.1) is 12.0 Å². The van der Waals surface area contributed by atoms with Crippen molar-refractivity contribution in [2.24, 2.45) is 0 Å². The van der Waals surface area contributed by atoms with Crippen LogP contribution in [-0.4, -0.2) is 27.9 Å². The third-order valence-electron chi connectivity index (χ3n) is 4.33. The predicted octanol–water partition coefficient (Wildman–Crippen LogP) is 3.89. The first-order valence-corrected chi connectivity index (χ1v) is 8.16. The summed E-state index contributed by atoms with van der Waals surface area (Å²) in [6.07, 6.45) is 2.76. The monoisotopic (exact) mass is 377 g/mol. The standard InChI is InChI=1S/C20H15N3O5/c1-11-4-3-5-15-18(11)14(10-22-15)19(24)13(9-21)6-12-7-16(23(26)27)20(25)17(8-12)28-2/h3-8,10,22,25H,1-2H3. The molecule has 0 saturated carbocycles. The van der Waals surface area contributed by atoms with Gasteiger partial charge in [-0.2, -0.15) is 5.26 Å². The minimum absolute atomic E-state index is 0.131. The number of benzene rings is 2. The molecule has 0 aliphatic rings. The van der Waals surface area contributed by atoms with Crippen molar-refractivity contribution >= 4 is 28.4 Å². The second kappa shape index (κ2) is 7.25. The SMILES string of the molecule is COc1cc(C=C(C#N)C(=O)c2c[nH]c3cccc(C)c23)cc([N+](=O)[O-])c1O. The molecule has 3 rings (SSSR count). The Hall–Kier alpha value is -4.12. The molecular formula is C20H15N3O5. The van der Waals surface area contributed by atoms with Gasteiger partial charge in [0.15, 0.2) is 5.75 Å². The molecule has 8 nitrogen and oxygen atoms in total. The largest absolute Gasteiger partial charge is 0.500 e. The molecular weight excluding hydrogens is 362 g/mol. The summed E-state index contributed by atoms with van der Waals surface area (Å²) in [5, 5.41) is 31.2. The van der Waals surface area contributed by atoms with Crippen LogP contribution in [0.5, 0.6) is 11.5 Å². The first-order chi connectivity index (χ1) is 13.4. The number of ketones is 1. The van der Waals surface area contributed by atoms with E-state index in [4.69, 9.17) is 4.74 Å². The number of aromatic nitrogens is 1. The van der Waals surface area contributed by atoms with Crippen LogP contribution in [0.3, 0.4) is 0 Å². The predicted molar refractivity (Wildman–Crippen MR) is 102 cm³/mol. The van der Waals surface area contributed by atoms with Gasteiger partial charge in [0, 0.05) is 28.7 Å². The lowest BCUT2D eigenvalue weighted by Crippen LogP contribution is -2.02. The van der Waals surface area contributed by atoms with Crippen molar-refractivity contribution in [1.29, 1.82) is 5.26 Å². The molecule has 0 fully saturated rings. The summed E-state index contributed by atoms with van der Waals surface area (Å²) in [4.78, 5) is 26.3. The maximum Gasteiger partial charge on any atom is 0.315 e. The zero-order valence-electron chi connectivity index (χ0n) is 15.0. The van der Waals surface area contributed by atoms with Gasteiger partial charge in [0.25, 0.3) is 0 Å². The Morgan fingerprint density at radius 1 is 1.39 bits per heavy atom. The lowest BCUT2D eigenvalue weighted by molar-refractivity contribution is -0.386. The van der Waals surface area contributed by atoms with Gasteiger partial charge >= 0.3 is 5.69 Å². The van der Waals surface area contributed by atoms with Crippen LogP contribution < -0.4 is 4.74 Å². The second-order valence-corrected chi connectivity index (χ2v) is 6.05. The zero-order chi connectivity index (χ0) is 20.4. The lowest BCUT2D eigenvalue weighted by atomic mass is 9.99. The van der Waals surface area contributed by atoms with E-state index in [0.29, 0.717) is 10.9 Å². The number of ether oxygens (including phenoxy) is 1. The molecule has 1 aromatic heterocycles. The molecule has 140 valence electrons. The number of carbonyl (C=O) groups excluding carboxylic acids is 1. The van der Waals surface area contributed by atoms with E-state index in [1.165, 1.54) is 25.4 Å². The number of Topliss-reactive ketones (excluding diaryl/α,β-unsaturated/α-hetero) is 1. The Morgan fingerprint density at radius 2 is 2.14 bits per heavy atom. The minimum Gasteiger partial charge on any atom is -0.500 e. The number of nitrogens with one attached hydrogen (secondary N) is 1. The molecule has 0 saturated heterocycles. The van der Waals surface area contributed by atoms with E-state index in [1.807, 2.05) is 31.2 Å². The number of H-pyrrole nitrogens is 1. The van der Waals surface area contributed by atoms with Crippen molar-refractivity contribution in [3.05, 3.63) is 68.9 Å². The fraction of sp³-hybridized carbons (Fsp3) is 0.100. The summed E-state index contributed by atoms with van der Waals surface area (Å²) < 4.78 is 4.94. The number of allylic oxidation sites excluding steroid dienone is 1. The van der Waals surface area contributed by atoms with Crippen LogP contribution in [0, 0.1) is 28.4 Å². The highest BCUT2D eigenvalue weighted by atomic mass is 16.6. The normalized spacial score (nSPS) is 11.2. The number of phenols is 1. The minimum atomic E-state index is -0.772. The first-order valence-electron chi connectivity index (χ1n) is 8.16. The van der Waals surface area contributed by atoms with Crippen LogP contribution in [0.25, 0.3) is 17.0 Å². The maximum atomic E-state index is 12.9. The number of methoxy groups -OCH3 is 1. The van der Waals surface area contributed by atoms with Gasteiger partial charge in [-0.05, 0) is 36.3 Å². The van der Waals surface area contributed by atoms with Gasteiger partial charge in [-0.3, -0.25) is 14.9 Å². The van der Waals surface area contributed by atoms with Gasteiger partial charge in [0.1, 0.15) is 11.6 Å². The first kappa shape index (κ1) is 18.7. The smallest absolute Gasteiger partial charge is 0.315 e. The van der Waals surface area contributed by atoms with Crippen molar-refractivity contribution in [2.75, 3.05) is 7.11 Å². The van der Waals surface area contributed by atoms with E-state index in [1.54, 1.807) is 0 Å². The highest BCUT2D eigenvalue weighted by Gasteiger charge is 2.21. The van der Waals surface area contributed by atoms with Crippen LogP contribution in [-0.2, 0) is 0 Å². The van der Waals surface area contributed by atoms with Crippen LogP contribution in [0.1, 0.15) is 21.5 Å². The number of phenolic OH excluding ortho intramolecular Hbond substituents is 1. The number of aryl methyl sites for hydroxylation is 1. The number of rotatable bonds is 5. The summed E-state index contributed by atoms with van der Waals surface area (Å²) in [7, 11) is 1.25. The molecule has 0 atom stereocenters. The van der Waals surface area contributed by atoms with Crippen molar-refractivity contribution in [2.45, 2.75) is 6.92 Å². The van der Waals surface area contributed by atoms with E-state index >= 15 is 0 Å². The van der Waals surface area contributed by atoms with E-state index < -0.39 is 22.1 Å². The molecule has 2 aromatic carbocycles. The number of fused-ring (bicyclic) bond motifs is 1. The Labute approximate surface area is 159 Å². The fourth-order valence-corrected chi connectivity index (χ4v) is 3.00. The number of nitro groups is 1. The second-order valence-electron chi connectivity index (χ2n) is 6.05. The summed E-state index contributed by atoms with van der Waals surface area (Å²) >= 11 is 0. The molecule has 0 amide bonds. The summed E-state index contributed by atoms with van der Waals surface area (Å²) in [6.45, 7) is 1.86. The summed E-state index contributed by atoms with van der Waals surface area (Å²) in [5.41, 5.74) is 1.37. The van der Waals surface area contributed by atoms with Crippen LogP contribution in [0.2, 0.25) is 0 Å². The van der Waals surface area contributed by atoms with Crippen LogP contribution in [0.15, 0.2) is 42.1 Å². The number of nitriles is 1. The molecule has 2 N–H and O–H groups in total. The van der Waals surface area contributed by atoms with Crippen molar-refractivity contribution in [1.82, 2.24) is 4.98 Å². The number of aromatic hydroxyl groups is 1. The number of hydrogen-bond donors (Lipinski definition) is 2. The quantitative estimate of drug-likeness (QED) is 0.228. The Morgan fingerprint density at radius 3 is 2.79 bits per heavy atom. The lowest BCUT2D eigenvalue weighted by Gasteiger charge is -2.06. The van der Waals surface area contributed by atoms with Gasteiger partial charge < -0.3 is 14.8 Å². The number of hydrogen-bond acceptors (Lipinski definition) is 6. The fourth-order valence-electron chi connectivity index (χ4n) is 3.00.